The Kier molecular flexibility index (Phi) is 6.92. The van der Waals surface area contributed by atoms with Gasteiger partial charge in [0.1, 0.15) is 0 Å². The molecule has 106 valence electrons. The molecule has 0 heterocycles. The van der Waals surface area contributed by atoms with Gasteiger partial charge in [0.05, 0.1) is 13.2 Å². The lowest BCUT2D eigenvalue weighted by Crippen LogP contribution is -2.46. The van der Waals surface area contributed by atoms with Crippen LogP contribution in [0.25, 0.3) is 0 Å². The fraction of sp³-hybridized carbons (Fsp3) is 0.500. The van der Waals surface area contributed by atoms with Crippen LogP contribution in [0.5, 0.6) is 0 Å². The van der Waals surface area contributed by atoms with Crippen LogP contribution in [0.15, 0.2) is 29.3 Å². The Morgan fingerprint density at radius 1 is 1.32 bits per heavy atom. The van der Waals surface area contributed by atoms with E-state index in [0.717, 1.165) is 12.0 Å². The maximum atomic E-state index is 5.44. The molecule has 0 aliphatic rings. The number of hydrogen-bond acceptors (Lipinski definition) is 3. The number of rotatable bonds is 6. The number of hydrogen-bond donors (Lipinski definition) is 3. The first kappa shape index (κ1) is 15.5. The van der Waals surface area contributed by atoms with Gasteiger partial charge in [0.15, 0.2) is 0 Å². The summed E-state index contributed by atoms with van der Waals surface area (Å²) in [6.07, 6.45) is 1.05. The molecule has 1 rings (SSSR count). The monoisotopic (exact) mass is 264 g/mol. The number of nitrogens with two attached hydrogens (primary N) is 1. The topological polar surface area (TPSA) is 71.7 Å². The van der Waals surface area contributed by atoms with Crippen molar-refractivity contribution < 1.29 is 4.74 Å². The Bertz CT molecular complexity index is 389. The Balaban J connectivity index is 2.55. The van der Waals surface area contributed by atoms with Crippen LogP contribution in [0.4, 0.5) is 0 Å². The van der Waals surface area contributed by atoms with Gasteiger partial charge in [-0.1, -0.05) is 31.2 Å². The highest BCUT2D eigenvalue weighted by Gasteiger charge is 2.03. The molecule has 19 heavy (non-hydrogen) atoms. The molecule has 5 nitrogen and oxygen atoms in total. The molecule has 0 spiro atoms. The second kappa shape index (κ2) is 8.50. The van der Waals surface area contributed by atoms with Crippen molar-refractivity contribution in [3.8, 4) is 0 Å². The molecule has 5 heteroatoms. The average Bonchev–Trinajstić information content (AvgIpc) is 2.44. The first-order chi connectivity index (χ1) is 9.19. The molecule has 1 unspecified atom stereocenters. The third kappa shape index (κ3) is 5.72. The van der Waals surface area contributed by atoms with Crippen LogP contribution in [-0.4, -0.2) is 25.7 Å². The van der Waals surface area contributed by atoms with E-state index in [4.69, 9.17) is 10.6 Å². The molecule has 0 bridgehead atoms. The molecule has 1 aromatic carbocycles. The maximum Gasteiger partial charge on any atom is 0.206 e. The second-order valence-electron chi connectivity index (χ2n) is 4.48. The normalized spacial score (nSPS) is 13.2. The summed E-state index contributed by atoms with van der Waals surface area (Å²) < 4.78 is 5.05. The fourth-order valence-electron chi connectivity index (χ4n) is 1.71. The van der Waals surface area contributed by atoms with Crippen LogP contribution < -0.4 is 16.6 Å². The second-order valence-corrected chi connectivity index (χ2v) is 4.48. The van der Waals surface area contributed by atoms with Crippen LogP contribution in [0, 0.1) is 0 Å². The van der Waals surface area contributed by atoms with Crippen molar-refractivity contribution in [3.05, 3.63) is 35.4 Å². The van der Waals surface area contributed by atoms with Crippen molar-refractivity contribution in [1.82, 2.24) is 10.7 Å². The van der Waals surface area contributed by atoms with E-state index in [-0.39, 0.29) is 6.04 Å². The zero-order valence-corrected chi connectivity index (χ0v) is 11.9. The number of nitrogens with one attached hydrogen (secondary N) is 2. The van der Waals surface area contributed by atoms with Crippen LogP contribution in [-0.2, 0) is 17.7 Å². The van der Waals surface area contributed by atoms with Crippen molar-refractivity contribution in [3.63, 3.8) is 0 Å². The summed E-state index contributed by atoms with van der Waals surface area (Å²) in [6.45, 7) is 5.35. The lowest BCUT2D eigenvalue weighted by molar-refractivity contribution is 0.179. The summed E-state index contributed by atoms with van der Waals surface area (Å²) in [5.41, 5.74) is 5.06. The van der Waals surface area contributed by atoms with Gasteiger partial charge in [0, 0.05) is 13.2 Å². The van der Waals surface area contributed by atoms with Gasteiger partial charge in [-0.25, -0.2) is 10.8 Å². The minimum Gasteiger partial charge on any atom is -0.383 e. The van der Waals surface area contributed by atoms with E-state index in [1.165, 1.54) is 5.56 Å². The van der Waals surface area contributed by atoms with Crippen LogP contribution >= 0.6 is 0 Å². The number of aliphatic imine (C=N–C) groups is 1. The molecule has 0 aromatic heterocycles. The molecular formula is C14H24N4O. The molecule has 0 radical (unpaired) electrons. The van der Waals surface area contributed by atoms with E-state index < -0.39 is 0 Å². The highest BCUT2D eigenvalue weighted by molar-refractivity contribution is 5.79. The molecule has 0 saturated carbocycles. The smallest absolute Gasteiger partial charge is 0.206 e. The number of nitrogens with zero attached hydrogens (tertiary/aromatic N) is 1. The van der Waals surface area contributed by atoms with Gasteiger partial charge >= 0.3 is 0 Å². The summed E-state index contributed by atoms with van der Waals surface area (Å²) in [5.74, 6) is 6.02. The van der Waals surface area contributed by atoms with Gasteiger partial charge in [-0.2, -0.15) is 0 Å². The SMILES string of the molecule is CCc1ccc(CN=C(NN)NC(C)COC)cc1. The molecule has 0 aliphatic carbocycles. The summed E-state index contributed by atoms with van der Waals surface area (Å²) >= 11 is 0. The Hall–Kier alpha value is -1.59. The van der Waals surface area contributed by atoms with Crippen molar-refractivity contribution >= 4 is 5.96 Å². The third-order valence-electron chi connectivity index (χ3n) is 2.79. The summed E-state index contributed by atoms with van der Waals surface area (Å²) in [6, 6.07) is 8.59. The largest absolute Gasteiger partial charge is 0.383 e. The first-order valence-electron chi connectivity index (χ1n) is 6.54. The Morgan fingerprint density at radius 3 is 2.47 bits per heavy atom. The highest BCUT2D eigenvalue weighted by atomic mass is 16.5. The van der Waals surface area contributed by atoms with E-state index in [1.54, 1.807) is 7.11 Å². The molecule has 4 N–H and O–H groups in total. The van der Waals surface area contributed by atoms with Gasteiger partial charge in [0.2, 0.25) is 5.96 Å². The number of benzene rings is 1. The highest BCUT2D eigenvalue weighted by Crippen LogP contribution is 2.06. The Labute approximate surface area is 115 Å². The average molecular weight is 264 g/mol. The lowest BCUT2D eigenvalue weighted by atomic mass is 10.1. The molecule has 0 fully saturated rings. The van der Waals surface area contributed by atoms with Gasteiger partial charge in [-0.05, 0) is 24.5 Å². The van der Waals surface area contributed by atoms with E-state index in [1.807, 2.05) is 6.92 Å². The van der Waals surface area contributed by atoms with E-state index in [0.29, 0.717) is 19.1 Å². The summed E-state index contributed by atoms with van der Waals surface area (Å²) in [4.78, 5) is 4.40. The van der Waals surface area contributed by atoms with Crippen molar-refractivity contribution in [2.75, 3.05) is 13.7 Å². The number of hydrazine groups is 1. The lowest BCUT2D eigenvalue weighted by Gasteiger charge is -2.15. The summed E-state index contributed by atoms with van der Waals surface area (Å²) in [5, 5.41) is 3.15. The number of ether oxygens (including phenoxy) is 1. The molecule has 0 aliphatic heterocycles. The van der Waals surface area contributed by atoms with Crippen molar-refractivity contribution in [2.24, 2.45) is 10.8 Å². The predicted molar refractivity (Wildman–Crippen MR) is 78.8 cm³/mol. The molecule has 0 amide bonds. The molecular weight excluding hydrogens is 240 g/mol. The summed E-state index contributed by atoms with van der Waals surface area (Å²) in [7, 11) is 1.67. The minimum absolute atomic E-state index is 0.155. The first-order valence-corrected chi connectivity index (χ1v) is 6.54. The minimum atomic E-state index is 0.155. The standard InChI is InChI=1S/C14H24N4O/c1-4-12-5-7-13(8-6-12)9-16-14(18-15)17-11(2)10-19-3/h5-8,11H,4,9-10,15H2,1-3H3,(H2,16,17,18). The van der Waals surface area contributed by atoms with E-state index >= 15 is 0 Å². The third-order valence-corrected chi connectivity index (χ3v) is 2.79. The van der Waals surface area contributed by atoms with Gasteiger partial charge in [0.25, 0.3) is 0 Å². The van der Waals surface area contributed by atoms with Gasteiger partial charge < -0.3 is 10.1 Å². The number of methoxy groups -OCH3 is 1. The van der Waals surface area contributed by atoms with Gasteiger partial charge in [-0.3, -0.25) is 5.43 Å². The maximum absolute atomic E-state index is 5.44. The number of aryl methyl sites for hydroxylation is 1. The van der Waals surface area contributed by atoms with Crippen LogP contribution in [0.3, 0.4) is 0 Å². The molecule has 1 atom stereocenters. The quantitative estimate of drug-likeness (QED) is 0.312. The fourth-order valence-corrected chi connectivity index (χ4v) is 1.71. The zero-order chi connectivity index (χ0) is 14.1. The van der Waals surface area contributed by atoms with Crippen LogP contribution in [0.1, 0.15) is 25.0 Å². The van der Waals surface area contributed by atoms with Gasteiger partial charge in [-0.15, -0.1) is 0 Å². The predicted octanol–water partition coefficient (Wildman–Crippen LogP) is 1.19. The van der Waals surface area contributed by atoms with E-state index in [9.17, 15) is 0 Å². The molecule has 1 aromatic rings. The van der Waals surface area contributed by atoms with E-state index in [2.05, 4.69) is 46.9 Å². The Morgan fingerprint density at radius 2 is 1.95 bits per heavy atom. The van der Waals surface area contributed by atoms with Crippen molar-refractivity contribution in [1.29, 1.82) is 0 Å². The van der Waals surface area contributed by atoms with Crippen molar-refractivity contribution in [2.45, 2.75) is 32.9 Å². The zero-order valence-electron chi connectivity index (χ0n) is 11.9. The van der Waals surface area contributed by atoms with Crippen LogP contribution in [0.2, 0.25) is 0 Å². The number of guanidine groups is 1. The molecule has 0 saturated heterocycles.